The topological polar surface area (TPSA) is 56.2 Å². The van der Waals surface area contributed by atoms with Crippen LogP contribution >= 0.6 is 11.6 Å². The van der Waals surface area contributed by atoms with Crippen molar-refractivity contribution >= 4 is 17.6 Å². The second-order valence-electron chi connectivity index (χ2n) is 4.98. The molecule has 0 spiro atoms. The van der Waals surface area contributed by atoms with Crippen LogP contribution in [-0.4, -0.2) is 34.4 Å². The molecule has 1 unspecified atom stereocenters. The molecule has 1 aliphatic carbocycles. The highest BCUT2D eigenvalue weighted by atomic mass is 35.5. The van der Waals surface area contributed by atoms with E-state index in [1.165, 1.54) is 7.11 Å². The van der Waals surface area contributed by atoms with Crippen LogP contribution < -0.4 is 5.32 Å². The van der Waals surface area contributed by atoms with Gasteiger partial charge in [0.2, 0.25) is 0 Å². The number of rotatable bonds is 5. The third kappa shape index (κ3) is 2.67. The number of methoxy groups -OCH3 is 1. The van der Waals surface area contributed by atoms with Crippen LogP contribution in [0.1, 0.15) is 25.5 Å². The zero-order chi connectivity index (χ0) is 13.3. The lowest BCUT2D eigenvalue weighted by Crippen LogP contribution is -2.54. The van der Waals surface area contributed by atoms with Gasteiger partial charge in [-0.05, 0) is 26.7 Å². The predicted octanol–water partition coefficient (Wildman–Crippen LogP) is 1.53. The van der Waals surface area contributed by atoms with Gasteiger partial charge in [-0.1, -0.05) is 11.6 Å². The minimum absolute atomic E-state index is 0.277. The quantitative estimate of drug-likeness (QED) is 0.825. The molecule has 1 N–H and O–H groups in total. The van der Waals surface area contributed by atoms with Gasteiger partial charge in [0.05, 0.1) is 30.6 Å². The number of hydrogen-bond acceptors (Lipinski definition) is 4. The number of aromatic nitrogens is 2. The summed E-state index contributed by atoms with van der Waals surface area (Å²) in [6.45, 7) is 4.13. The van der Waals surface area contributed by atoms with Crippen LogP contribution in [0.15, 0.2) is 6.20 Å². The average Bonchev–Trinajstić information content (AvgIpc) is 3.10. The normalized spacial score (nSPS) is 18.4. The summed E-state index contributed by atoms with van der Waals surface area (Å²) in [5.74, 6) is -0.277. The molecular formula is C12H18ClN3O2. The van der Waals surface area contributed by atoms with Crippen LogP contribution in [0.2, 0.25) is 5.02 Å². The molecule has 0 aromatic carbocycles. The van der Waals surface area contributed by atoms with Gasteiger partial charge in [0.15, 0.2) is 0 Å². The summed E-state index contributed by atoms with van der Waals surface area (Å²) in [7, 11) is 1.40. The third-order valence-corrected chi connectivity index (χ3v) is 3.62. The van der Waals surface area contributed by atoms with Gasteiger partial charge in [-0.2, -0.15) is 5.10 Å². The van der Waals surface area contributed by atoms with Crippen molar-refractivity contribution < 1.29 is 9.53 Å². The highest BCUT2D eigenvalue weighted by Gasteiger charge is 2.40. The largest absolute Gasteiger partial charge is 0.468 e. The Balaban J connectivity index is 2.18. The molecule has 0 saturated heterocycles. The summed E-state index contributed by atoms with van der Waals surface area (Å²) >= 11 is 5.97. The number of carbonyl (C=O) groups excluding carboxylic acids is 1. The first-order valence-corrected chi connectivity index (χ1v) is 6.38. The Hall–Kier alpha value is -1.07. The first-order valence-electron chi connectivity index (χ1n) is 6.00. The van der Waals surface area contributed by atoms with Crippen molar-refractivity contribution in [3.05, 3.63) is 16.9 Å². The first-order chi connectivity index (χ1) is 8.46. The van der Waals surface area contributed by atoms with Crippen LogP contribution in [0.4, 0.5) is 0 Å². The molecule has 0 amide bonds. The number of esters is 1. The zero-order valence-corrected chi connectivity index (χ0v) is 11.6. The monoisotopic (exact) mass is 271 g/mol. The zero-order valence-electron chi connectivity index (χ0n) is 10.9. The minimum Gasteiger partial charge on any atom is -0.468 e. The number of carbonyl (C=O) groups is 1. The Kier molecular flexibility index (Phi) is 3.64. The maximum atomic E-state index is 12.0. The summed E-state index contributed by atoms with van der Waals surface area (Å²) in [6, 6.07) is 0.403. The second-order valence-corrected chi connectivity index (χ2v) is 5.39. The highest BCUT2D eigenvalue weighted by molar-refractivity contribution is 6.31. The molecule has 1 heterocycles. The van der Waals surface area contributed by atoms with Gasteiger partial charge in [-0.25, -0.2) is 4.79 Å². The summed E-state index contributed by atoms with van der Waals surface area (Å²) < 4.78 is 6.62. The van der Waals surface area contributed by atoms with Gasteiger partial charge in [-0.15, -0.1) is 0 Å². The van der Waals surface area contributed by atoms with Crippen molar-refractivity contribution in [1.29, 1.82) is 0 Å². The van der Waals surface area contributed by atoms with E-state index in [9.17, 15) is 4.79 Å². The molecule has 0 aliphatic heterocycles. The fraction of sp³-hybridized carbons (Fsp3) is 0.667. The van der Waals surface area contributed by atoms with E-state index in [2.05, 4.69) is 10.4 Å². The van der Waals surface area contributed by atoms with Gasteiger partial charge < -0.3 is 4.74 Å². The highest BCUT2D eigenvalue weighted by Crippen LogP contribution is 2.25. The SMILES string of the molecule is COC(=O)C(C)(Cn1ncc(Cl)c1C)NC1CC1. The molecule has 1 atom stereocenters. The van der Waals surface area contributed by atoms with Crippen molar-refractivity contribution in [1.82, 2.24) is 15.1 Å². The lowest BCUT2D eigenvalue weighted by Gasteiger charge is -2.28. The van der Waals surface area contributed by atoms with E-state index in [1.54, 1.807) is 10.9 Å². The lowest BCUT2D eigenvalue weighted by molar-refractivity contribution is -0.148. The summed E-state index contributed by atoms with van der Waals surface area (Å²) in [4.78, 5) is 12.0. The first kappa shape index (κ1) is 13.4. The summed E-state index contributed by atoms with van der Waals surface area (Å²) in [5, 5.41) is 8.11. The number of ether oxygens (including phenoxy) is 1. The maximum Gasteiger partial charge on any atom is 0.327 e. The molecule has 18 heavy (non-hydrogen) atoms. The van der Waals surface area contributed by atoms with Crippen LogP contribution in [0.3, 0.4) is 0 Å². The van der Waals surface area contributed by atoms with E-state index in [4.69, 9.17) is 16.3 Å². The fourth-order valence-electron chi connectivity index (χ4n) is 1.96. The predicted molar refractivity (Wildman–Crippen MR) is 68.6 cm³/mol. The minimum atomic E-state index is -0.768. The molecule has 1 saturated carbocycles. The Morgan fingerprint density at radius 3 is 2.83 bits per heavy atom. The number of nitrogens with one attached hydrogen (secondary N) is 1. The van der Waals surface area contributed by atoms with Crippen LogP contribution in [-0.2, 0) is 16.1 Å². The molecule has 0 radical (unpaired) electrons. The van der Waals surface area contributed by atoms with Gasteiger partial charge in [0, 0.05) is 6.04 Å². The maximum absolute atomic E-state index is 12.0. The van der Waals surface area contributed by atoms with Gasteiger partial charge in [-0.3, -0.25) is 10.00 Å². The molecule has 0 bridgehead atoms. The second kappa shape index (κ2) is 4.90. The van der Waals surface area contributed by atoms with Crippen molar-refractivity contribution in [2.45, 2.75) is 44.8 Å². The van der Waals surface area contributed by atoms with Gasteiger partial charge >= 0.3 is 5.97 Å². The van der Waals surface area contributed by atoms with E-state index < -0.39 is 5.54 Å². The van der Waals surface area contributed by atoms with E-state index in [0.29, 0.717) is 17.6 Å². The van der Waals surface area contributed by atoms with Gasteiger partial charge in [0.25, 0.3) is 0 Å². The van der Waals surface area contributed by atoms with Crippen molar-refractivity contribution in [2.75, 3.05) is 7.11 Å². The fourth-order valence-corrected chi connectivity index (χ4v) is 2.10. The number of halogens is 1. The number of nitrogens with zero attached hydrogens (tertiary/aromatic N) is 2. The molecule has 1 fully saturated rings. The van der Waals surface area contributed by atoms with Crippen LogP contribution in [0.25, 0.3) is 0 Å². The Morgan fingerprint density at radius 1 is 1.72 bits per heavy atom. The third-order valence-electron chi connectivity index (χ3n) is 3.25. The number of hydrogen-bond donors (Lipinski definition) is 1. The van der Waals surface area contributed by atoms with Crippen molar-refractivity contribution in [3.63, 3.8) is 0 Å². The van der Waals surface area contributed by atoms with E-state index in [0.717, 1.165) is 18.5 Å². The molecule has 6 heteroatoms. The summed E-state index contributed by atoms with van der Waals surface area (Å²) in [5.41, 5.74) is 0.0835. The van der Waals surface area contributed by atoms with Crippen LogP contribution in [0, 0.1) is 6.92 Å². The standard InChI is InChI=1S/C12H18ClN3O2/c1-8-10(13)6-14-16(8)7-12(2,11(17)18-3)15-9-4-5-9/h6,9,15H,4-5,7H2,1-3H3. The Labute approximate surface area is 111 Å². The van der Waals surface area contributed by atoms with Crippen molar-refractivity contribution in [2.24, 2.45) is 0 Å². The molecule has 5 nitrogen and oxygen atoms in total. The molecule has 1 aromatic heterocycles. The van der Waals surface area contributed by atoms with Gasteiger partial charge in [0.1, 0.15) is 5.54 Å². The molecular weight excluding hydrogens is 254 g/mol. The molecule has 1 aromatic rings. The van der Waals surface area contributed by atoms with Crippen molar-refractivity contribution in [3.8, 4) is 0 Å². The van der Waals surface area contributed by atoms with E-state index >= 15 is 0 Å². The molecule has 2 rings (SSSR count). The summed E-state index contributed by atoms with van der Waals surface area (Å²) in [6.07, 6.45) is 3.79. The lowest BCUT2D eigenvalue weighted by atomic mass is 10.0. The molecule has 100 valence electrons. The Bertz CT molecular complexity index is 456. The van der Waals surface area contributed by atoms with E-state index in [1.807, 2.05) is 13.8 Å². The van der Waals surface area contributed by atoms with E-state index in [-0.39, 0.29) is 5.97 Å². The van der Waals surface area contributed by atoms with Crippen LogP contribution in [0.5, 0.6) is 0 Å². The smallest absolute Gasteiger partial charge is 0.327 e. The molecule has 1 aliphatic rings. The average molecular weight is 272 g/mol. The Morgan fingerprint density at radius 2 is 2.39 bits per heavy atom.